The molecule has 0 spiro atoms. The Balaban J connectivity index is 2.53. The number of carbonyl (C=O) groups is 2. The van der Waals surface area contributed by atoms with Gasteiger partial charge in [0, 0.05) is 6.42 Å². The van der Waals surface area contributed by atoms with Crippen molar-refractivity contribution in [3.63, 3.8) is 0 Å². The Kier molecular flexibility index (Phi) is 6.52. The highest BCUT2D eigenvalue weighted by Crippen LogP contribution is 2.27. The normalized spacial score (nSPS) is 10.2. The van der Waals surface area contributed by atoms with Crippen molar-refractivity contribution in [3.8, 4) is 0 Å². The second kappa shape index (κ2) is 7.90. The molecule has 1 aromatic carbocycles. The Morgan fingerprint density at radius 2 is 1.90 bits per heavy atom. The van der Waals surface area contributed by atoms with Crippen molar-refractivity contribution in [1.29, 1.82) is 0 Å². The maximum absolute atomic E-state index is 11.8. The van der Waals surface area contributed by atoms with Gasteiger partial charge >= 0.3 is 0 Å². The lowest BCUT2D eigenvalue weighted by molar-refractivity contribution is -0.124. The molecule has 0 fully saturated rings. The topological polar surface area (TPSA) is 58.2 Å². The predicted molar refractivity (Wildman–Crippen MR) is 82.1 cm³/mol. The van der Waals surface area contributed by atoms with Crippen molar-refractivity contribution in [2.45, 2.75) is 40.0 Å². The average Bonchev–Trinajstić information content (AvgIpc) is 2.38. The number of aryl methyl sites for hydroxylation is 2. The van der Waals surface area contributed by atoms with Crippen LogP contribution in [-0.2, 0) is 9.59 Å². The molecule has 0 aliphatic heterocycles. The number of unbranched alkanes of at least 4 members (excludes halogenated alkanes) is 1. The van der Waals surface area contributed by atoms with E-state index < -0.39 is 0 Å². The van der Waals surface area contributed by atoms with Crippen molar-refractivity contribution < 1.29 is 9.59 Å². The molecular weight excluding hydrogens is 276 g/mol. The molecule has 4 nitrogen and oxygen atoms in total. The standard InChI is InChI=1S/C15H21ClN2O2/c1-4-5-6-13(19)17-9-14(20)18-15-11(3)7-10(2)8-12(15)16/h7-8H,4-6,9H2,1-3H3,(H,17,19)(H,18,20). The van der Waals surface area contributed by atoms with E-state index >= 15 is 0 Å². The minimum Gasteiger partial charge on any atom is -0.347 e. The summed E-state index contributed by atoms with van der Waals surface area (Å²) in [7, 11) is 0. The summed E-state index contributed by atoms with van der Waals surface area (Å²) in [6.07, 6.45) is 2.24. The zero-order chi connectivity index (χ0) is 15.1. The van der Waals surface area contributed by atoms with Gasteiger partial charge in [0.2, 0.25) is 11.8 Å². The van der Waals surface area contributed by atoms with Gasteiger partial charge in [0.15, 0.2) is 0 Å². The van der Waals surface area contributed by atoms with Gasteiger partial charge in [-0.15, -0.1) is 0 Å². The molecule has 0 saturated carbocycles. The number of amides is 2. The van der Waals surface area contributed by atoms with Crippen molar-refractivity contribution in [2.75, 3.05) is 11.9 Å². The first kappa shape index (κ1) is 16.5. The van der Waals surface area contributed by atoms with Gasteiger partial charge in [-0.3, -0.25) is 9.59 Å². The second-order valence-corrected chi connectivity index (χ2v) is 5.27. The van der Waals surface area contributed by atoms with Crippen LogP contribution < -0.4 is 10.6 Å². The zero-order valence-corrected chi connectivity index (χ0v) is 12.9. The van der Waals surface area contributed by atoms with Gasteiger partial charge in [-0.2, -0.15) is 0 Å². The first-order valence-electron chi connectivity index (χ1n) is 6.77. The number of hydrogen-bond donors (Lipinski definition) is 2. The molecule has 0 bridgehead atoms. The van der Waals surface area contributed by atoms with Crippen molar-refractivity contribution >= 4 is 29.1 Å². The fourth-order valence-electron chi connectivity index (χ4n) is 1.86. The lowest BCUT2D eigenvalue weighted by atomic mass is 10.1. The number of halogens is 1. The van der Waals surface area contributed by atoms with E-state index in [0.717, 1.165) is 24.0 Å². The third-order valence-electron chi connectivity index (χ3n) is 2.90. The largest absolute Gasteiger partial charge is 0.347 e. The Bertz CT molecular complexity index is 478. The van der Waals surface area contributed by atoms with E-state index in [1.807, 2.05) is 26.8 Å². The van der Waals surface area contributed by atoms with Crippen molar-refractivity contribution in [1.82, 2.24) is 5.32 Å². The Morgan fingerprint density at radius 1 is 1.20 bits per heavy atom. The van der Waals surface area contributed by atoms with Crippen LogP contribution in [0, 0.1) is 13.8 Å². The maximum Gasteiger partial charge on any atom is 0.243 e. The molecule has 0 saturated heterocycles. The van der Waals surface area contributed by atoms with Crippen LogP contribution in [0.25, 0.3) is 0 Å². The minimum atomic E-state index is -0.274. The number of hydrogen-bond acceptors (Lipinski definition) is 2. The molecule has 0 aliphatic rings. The van der Waals surface area contributed by atoms with Gasteiger partial charge in [0.1, 0.15) is 0 Å². The lowest BCUT2D eigenvalue weighted by Gasteiger charge is -2.12. The summed E-state index contributed by atoms with van der Waals surface area (Å²) in [4.78, 5) is 23.2. The summed E-state index contributed by atoms with van der Waals surface area (Å²) >= 11 is 6.11. The third-order valence-corrected chi connectivity index (χ3v) is 3.20. The fourth-order valence-corrected chi connectivity index (χ4v) is 2.23. The van der Waals surface area contributed by atoms with Gasteiger partial charge in [0.05, 0.1) is 17.3 Å². The molecule has 0 aromatic heterocycles. The zero-order valence-electron chi connectivity index (χ0n) is 12.2. The number of anilines is 1. The van der Waals surface area contributed by atoms with Gasteiger partial charge in [0.25, 0.3) is 0 Å². The van der Waals surface area contributed by atoms with Crippen LogP contribution >= 0.6 is 11.6 Å². The van der Waals surface area contributed by atoms with Crippen molar-refractivity contribution in [3.05, 3.63) is 28.3 Å². The highest BCUT2D eigenvalue weighted by Gasteiger charge is 2.10. The number of carbonyl (C=O) groups excluding carboxylic acids is 2. The summed E-state index contributed by atoms with van der Waals surface area (Å²) in [6.45, 7) is 5.81. The summed E-state index contributed by atoms with van der Waals surface area (Å²) in [5, 5.41) is 5.83. The van der Waals surface area contributed by atoms with Crippen LogP contribution in [0.4, 0.5) is 5.69 Å². The van der Waals surface area contributed by atoms with E-state index in [-0.39, 0.29) is 18.4 Å². The number of rotatable bonds is 6. The molecule has 20 heavy (non-hydrogen) atoms. The van der Waals surface area contributed by atoms with E-state index in [1.165, 1.54) is 0 Å². The highest BCUT2D eigenvalue weighted by atomic mass is 35.5. The lowest BCUT2D eigenvalue weighted by Crippen LogP contribution is -2.32. The first-order chi connectivity index (χ1) is 9.43. The fraction of sp³-hybridized carbons (Fsp3) is 0.467. The Labute approximate surface area is 124 Å². The molecule has 0 heterocycles. The highest BCUT2D eigenvalue weighted by molar-refractivity contribution is 6.34. The van der Waals surface area contributed by atoms with E-state index in [1.54, 1.807) is 6.07 Å². The minimum absolute atomic E-state index is 0.0355. The molecule has 5 heteroatoms. The second-order valence-electron chi connectivity index (χ2n) is 4.87. The van der Waals surface area contributed by atoms with Crippen molar-refractivity contribution in [2.24, 2.45) is 0 Å². The SMILES string of the molecule is CCCCC(=O)NCC(=O)Nc1c(C)cc(C)cc1Cl. The first-order valence-corrected chi connectivity index (χ1v) is 7.15. The van der Waals surface area contributed by atoms with Gasteiger partial charge in [-0.25, -0.2) is 0 Å². The molecule has 0 unspecified atom stereocenters. The quantitative estimate of drug-likeness (QED) is 0.847. The molecule has 1 aromatic rings. The summed E-state index contributed by atoms with van der Waals surface area (Å²) in [5.74, 6) is -0.377. The smallest absolute Gasteiger partial charge is 0.243 e. The monoisotopic (exact) mass is 296 g/mol. The van der Waals surface area contributed by atoms with Crippen LogP contribution in [0.2, 0.25) is 5.02 Å². The van der Waals surface area contributed by atoms with E-state index in [9.17, 15) is 9.59 Å². The molecule has 0 aliphatic carbocycles. The Hall–Kier alpha value is -1.55. The molecular formula is C15H21ClN2O2. The van der Waals surface area contributed by atoms with Crippen LogP contribution in [0.3, 0.4) is 0 Å². The van der Waals surface area contributed by atoms with Crippen LogP contribution in [0.1, 0.15) is 37.3 Å². The van der Waals surface area contributed by atoms with E-state index in [4.69, 9.17) is 11.6 Å². The maximum atomic E-state index is 11.8. The molecule has 0 radical (unpaired) electrons. The molecule has 1 rings (SSSR count). The summed E-state index contributed by atoms with van der Waals surface area (Å²) < 4.78 is 0. The van der Waals surface area contributed by atoms with Crippen LogP contribution in [0.15, 0.2) is 12.1 Å². The van der Waals surface area contributed by atoms with Gasteiger partial charge in [-0.1, -0.05) is 31.0 Å². The molecule has 2 N–H and O–H groups in total. The van der Waals surface area contributed by atoms with E-state index in [0.29, 0.717) is 17.1 Å². The molecule has 0 atom stereocenters. The van der Waals surface area contributed by atoms with Crippen LogP contribution in [-0.4, -0.2) is 18.4 Å². The summed E-state index contributed by atoms with van der Waals surface area (Å²) in [5.41, 5.74) is 2.55. The molecule has 2 amide bonds. The Morgan fingerprint density at radius 3 is 2.50 bits per heavy atom. The third kappa shape index (κ3) is 5.21. The number of nitrogens with one attached hydrogen (secondary N) is 2. The number of benzene rings is 1. The van der Waals surface area contributed by atoms with Gasteiger partial charge < -0.3 is 10.6 Å². The predicted octanol–water partition coefficient (Wildman–Crippen LogP) is 3.20. The van der Waals surface area contributed by atoms with E-state index in [2.05, 4.69) is 10.6 Å². The molecule has 110 valence electrons. The van der Waals surface area contributed by atoms with Gasteiger partial charge in [-0.05, 0) is 37.5 Å². The van der Waals surface area contributed by atoms with Crippen LogP contribution in [0.5, 0.6) is 0 Å². The average molecular weight is 297 g/mol. The summed E-state index contributed by atoms with van der Waals surface area (Å²) in [6, 6.07) is 3.74.